The van der Waals surface area contributed by atoms with E-state index in [-0.39, 0.29) is 28.0 Å². The SMILES string of the molecule is CCN(CC)S(=O)(=O)c1ccc(Cl)c(C(=O)OCc2nc(-c3cccnc3)no2)c1. The lowest BCUT2D eigenvalue weighted by Crippen LogP contribution is -2.30. The van der Waals surface area contributed by atoms with Crippen molar-refractivity contribution in [3.63, 3.8) is 0 Å². The number of hydrogen-bond donors (Lipinski definition) is 0. The molecule has 0 bridgehead atoms. The van der Waals surface area contributed by atoms with E-state index < -0.39 is 16.0 Å². The highest BCUT2D eigenvalue weighted by Gasteiger charge is 2.24. The number of aromatic nitrogens is 3. The van der Waals surface area contributed by atoms with Gasteiger partial charge in [0, 0.05) is 31.0 Å². The molecule has 3 rings (SSSR count). The van der Waals surface area contributed by atoms with Crippen LogP contribution in [-0.4, -0.2) is 46.9 Å². The first-order valence-corrected chi connectivity index (χ1v) is 10.9. The van der Waals surface area contributed by atoms with Gasteiger partial charge in [-0.2, -0.15) is 9.29 Å². The molecule has 0 amide bonds. The maximum absolute atomic E-state index is 12.7. The largest absolute Gasteiger partial charge is 0.452 e. The fourth-order valence-corrected chi connectivity index (χ4v) is 4.34. The van der Waals surface area contributed by atoms with Gasteiger partial charge in [-0.05, 0) is 30.3 Å². The molecule has 0 saturated carbocycles. The number of halogens is 1. The van der Waals surface area contributed by atoms with E-state index in [1.54, 1.807) is 38.4 Å². The predicted octanol–water partition coefficient (Wildman–Crippen LogP) is 3.17. The normalized spacial score (nSPS) is 11.6. The molecule has 30 heavy (non-hydrogen) atoms. The molecule has 0 radical (unpaired) electrons. The monoisotopic (exact) mass is 450 g/mol. The van der Waals surface area contributed by atoms with Crippen molar-refractivity contribution in [1.29, 1.82) is 0 Å². The second-order valence-corrected chi connectivity index (χ2v) is 8.41. The van der Waals surface area contributed by atoms with Crippen LogP contribution in [0.1, 0.15) is 30.1 Å². The van der Waals surface area contributed by atoms with Gasteiger partial charge in [0.05, 0.1) is 15.5 Å². The summed E-state index contributed by atoms with van der Waals surface area (Å²) in [6.45, 7) is 3.78. The molecule has 0 spiro atoms. The Labute approximate surface area is 178 Å². The lowest BCUT2D eigenvalue weighted by molar-refractivity contribution is 0.0429. The number of sulfonamides is 1. The molecule has 3 aromatic rings. The summed E-state index contributed by atoms with van der Waals surface area (Å²) in [5.41, 5.74) is 0.577. The van der Waals surface area contributed by atoms with Crippen LogP contribution in [0.4, 0.5) is 0 Å². The molecule has 2 heterocycles. The highest BCUT2D eigenvalue weighted by Crippen LogP contribution is 2.24. The number of rotatable bonds is 8. The Morgan fingerprint density at radius 3 is 2.67 bits per heavy atom. The topological polar surface area (TPSA) is 115 Å². The van der Waals surface area contributed by atoms with Gasteiger partial charge >= 0.3 is 5.97 Å². The van der Waals surface area contributed by atoms with Crippen LogP contribution in [0.2, 0.25) is 5.02 Å². The highest BCUT2D eigenvalue weighted by molar-refractivity contribution is 7.89. The Morgan fingerprint density at radius 1 is 1.23 bits per heavy atom. The van der Waals surface area contributed by atoms with Crippen molar-refractivity contribution in [2.75, 3.05) is 13.1 Å². The van der Waals surface area contributed by atoms with E-state index in [1.165, 1.54) is 22.5 Å². The van der Waals surface area contributed by atoms with E-state index in [0.29, 0.717) is 24.5 Å². The summed E-state index contributed by atoms with van der Waals surface area (Å²) < 4.78 is 36.9. The molecule has 2 aromatic heterocycles. The number of carbonyl (C=O) groups is 1. The second-order valence-electron chi connectivity index (χ2n) is 6.06. The number of benzene rings is 1. The average molecular weight is 451 g/mol. The predicted molar refractivity (Wildman–Crippen MR) is 108 cm³/mol. The van der Waals surface area contributed by atoms with Crippen LogP contribution in [0.3, 0.4) is 0 Å². The number of ether oxygens (including phenoxy) is 1. The molecule has 0 atom stereocenters. The van der Waals surface area contributed by atoms with E-state index >= 15 is 0 Å². The number of pyridine rings is 1. The molecule has 11 heteroatoms. The van der Waals surface area contributed by atoms with Crippen LogP contribution in [-0.2, 0) is 21.4 Å². The summed E-state index contributed by atoms with van der Waals surface area (Å²) in [6, 6.07) is 7.39. The molecular weight excluding hydrogens is 432 g/mol. The number of hydrogen-bond acceptors (Lipinski definition) is 8. The number of carbonyl (C=O) groups excluding carboxylic acids is 1. The van der Waals surface area contributed by atoms with E-state index in [4.69, 9.17) is 20.9 Å². The average Bonchev–Trinajstić information content (AvgIpc) is 3.22. The van der Waals surface area contributed by atoms with Crippen LogP contribution in [0, 0.1) is 0 Å². The highest BCUT2D eigenvalue weighted by atomic mass is 35.5. The molecule has 0 aliphatic heterocycles. The first-order valence-electron chi connectivity index (χ1n) is 9.06. The van der Waals surface area contributed by atoms with Gasteiger partial charge in [-0.15, -0.1) is 0 Å². The number of nitrogens with zero attached hydrogens (tertiary/aromatic N) is 4. The zero-order valence-electron chi connectivity index (χ0n) is 16.3. The first kappa shape index (κ1) is 21.9. The molecule has 0 fully saturated rings. The van der Waals surface area contributed by atoms with Crippen LogP contribution >= 0.6 is 11.6 Å². The zero-order valence-corrected chi connectivity index (χ0v) is 17.9. The maximum Gasteiger partial charge on any atom is 0.340 e. The van der Waals surface area contributed by atoms with E-state index in [2.05, 4.69) is 15.1 Å². The molecular formula is C19H19ClN4O5S. The minimum absolute atomic E-state index is 0.0424. The Kier molecular flexibility index (Phi) is 6.80. The fraction of sp³-hybridized carbons (Fsp3) is 0.263. The summed E-state index contributed by atoms with van der Waals surface area (Å²) in [5.74, 6) is -0.428. The Bertz CT molecular complexity index is 1130. The van der Waals surface area contributed by atoms with Gasteiger partial charge in [0.1, 0.15) is 0 Å². The van der Waals surface area contributed by atoms with Gasteiger partial charge in [0.15, 0.2) is 6.61 Å². The summed E-state index contributed by atoms with van der Waals surface area (Å²) in [7, 11) is -3.75. The van der Waals surface area contributed by atoms with Crippen LogP contribution in [0.15, 0.2) is 52.1 Å². The molecule has 1 aromatic carbocycles. The Balaban J connectivity index is 1.75. The summed E-state index contributed by atoms with van der Waals surface area (Å²) in [6.07, 6.45) is 3.19. The van der Waals surface area contributed by atoms with Crippen molar-refractivity contribution in [2.24, 2.45) is 0 Å². The van der Waals surface area contributed by atoms with E-state index in [1.807, 2.05) is 0 Å². The third-order valence-electron chi connectivity index (χ3n) is 4.22. The minimum atomic E-state index is -3.75. The van der Waals surface area contributed by atoms with E-state index in [0.717, 1.165) is 0 Å². The summed E-state index contributed by atoms with van der Waals surface area (Å²) in [5, 5.41) is 3.88. The molecule has 0 aliphatic carbocycles. The van der Waals surface area contributed by atoms with E-state index in [9.17, 15) is 13.2 Å². The Morgan fingerprint density at radius 2 is 2.00 bits per heavy atom. The molecule has 0 unspecified atom stereocenters. The molecule has 9 nitrogen and oxygen atoms in total. The minimum Gasteiger partial charge on any atom is -0.452 e. The summed E-state index contributed by atoms with van der Waals surface area (Å²) >= 11 is 6.09. The summed E-state index contributed by atoms with van der Waals surface area (Å²) in [4.78, 5) is 20.6. The third-order valence-corrected chi connectivity index (χ3v) is 6.59. The quantitative estimate of drug-likeness (QED) is 0.480. The van der Waals surface area contributed by atoms with Crippen molar-refractivity contribution < 1.29 is 22.5 Å². The van der Waals surface area contributed by atoms with Gasteiger partial charge in [0.2, 0.25) is 15.8 Å². The van der Waals surface area contributed by atoms with Gasteiger partial charge in [-0.3, -0.25) is 4.98 Å². The second kappa shape index (κ2) is 9.33. The lowest BCUT2D eigenvalue weighted by atomic mass is 10.2. The van der Waals surface area contributed by atoms with Crippen molar-refractivity contribution in [2.45, 2.75) is 25.3 Å². The van der Waals surface area contributed by atoms with Crippen molar-refractivity contribution >= 4 is 27.6 Å². The van der Waals surface area contributed by atoms with Crippen LogP contribution in [0.25, 0.3) is 11.4 Å². The number of esters is 1. The fourth-order valence-electron chi connectivity index (χ4n) is 2.66. The van der Waals surface area contributed by atoms with Gasteiger partial charge in [0.25, 0.3) is 5.89 Å². The lowest BCUT2D eigenvalue weighted by Gasteiger charge is -2.18. The zero-order chi connectivity index (χ0) is 21.7. The van der Waals surface area contributed by atoms with Crippen molar-refractivity contribution in [1.82, 2.24) is 19.4 Å². The Hall–Kier alpha value is -2.82. The smallest absolute Gasteiger partial charge is 0.340 e. The molecule has 158 valence electrons. The van der Waals surface area contributed by atoms with Crippen LogP contribution < -0.4 is 0 Å². The van der Waals surface area contributed by atoms with Gasteiger partial charge in [-0.25, -0.2) is 13.2 Å². The molecule has 0 aliphatic rings. The standard InChI is InChI=1S/C19H19ClN4O5S/c1-3-24(4-2)30(26,27)14-7-8-16(20)15(10-14)19(25)28-12-17-22-18(23-29-17)13-6-5-9-21-11-13/h5-11H,3-4,12H2,1-2H3. The van der Waals surface area contributed by atoms with Gasteiger partial charge < -0.3 is 9.26 Å². The third kappa shape index (κ3) is 4.66. The maximum atomic E-state index is 12.7. The van der Waals surface area contributed by atoms with Crippen LogP contribution in [0.5, 0.6) is 0 Å². The van der Waals surface area contributed by atoms with Crippen molar-refractivity contribution in [3.8, 4) is 11.4 Å². The first-order chi connectivity index (χ1) is 14.4. The molecule has 0 saturated heterocycles. The van der Waals surface area contributed by atoms with Gasteiger partial charge in [-0.1, -0.05) is 30.6 Å². The molecule has 0 N–H and O–H groups in total. The van der Waals surface area contributed by atoms with Crippen molar-refractivity contribution in [3.05, 3.63) is 59.2 Å².